The van der Waals surface area contributed by atoms with E-state index in [1.165, 1.54) is 4.90 Å². The molecule has 0 saturated carbocycles. The molecule has 1 N–H and O–H groups in total. The lowest BCUT2D eigenvalue weighted by molar-refractivity contribution is -0.145. The van der Waals surface area contributed by atoms with Crippen molar-refractivity contribution in [2.45, 2.75) is 33.7 Å². The Morgan fingerprint density at radius 2 is 1.53 bits per heavy atom. The first-order valence-electron chi connectivity index (χ1n) is 11.8. The van der Waals surface area contributed by atoms with E-state index in [1.54, 1.807) is 31.2 Å². The van der Waals surface area contributed by atoms with E-state index in [1.807, 2.05) is 44.2 Å². The highest BCUT2D eigenvalue weighted by atomic mass is 16.7. The van der Waals surface area contributed by atoms with E-state index in [0.717, 1.165) is 5.56 Å². The maximum Gasteiger partial charge on any atom is 0.407 e. The third kappa shape index (κ3) is 10.3. The number of rotatable bonds is 15. The number of hydrogen-bond donors (Lipinski definition) is 1. The molecular weight excluding hydrogens is 468 g/mol. The Kier molecular flexibility index (Phi) is 12.8. The minimum atomic E-state index is -0.707. The van der Waals surface area contributed by atoms with Crippen LogP contribution in [0, 0.1) is 0 Å². The van der Waals surface area contributed by atoms with Gasteiger partial charge in [0.25, 0.3) is 0 Å². The molecule has 2 rings (SSSR count). The second-order valence-corrected chi connectivity index (χ2v) is 7.35. The number of esters is 1. The molecule has 2 aromatic rings. The molecule has 0 spiro atoms. The molecule has 0 heterocycles. The number of carbonyl (C=O) groups is 3. The van der Waals surface area contributed by atoms with E-state index < -0.39 is 24.3 Å². The maximum atomic E-state index is 13.1. The first kappa shape index (κ1) is 28.6. The van der Waals surface area contributed by atoms with Crippen molar-refractivity contribution >= 4 is 23.7 Å². The van der Waals surface area contributed by atoms with Gasteiger partial charge in [0, 0.05) is 18.9 Å². The highest BCUT2D eigenvalue weighted by molar-refractivity contribution is 5.96. The van der Waals surface area contributed by atoms with Gasteiger partial charge in [-0.1, -0.05) is 30.3 Å². The molecule has 0 unspecified atom stereocenters. The van der Waals surface area contributed by atoms with Crippen LogP contribution in [0.15, 0.2) is 54.6 Å². The first-order chi connectivity index (χ1) is 17.5. The summed E-state index contributed by atoms with van der Waals surface area (Å²) < 4.78 is 26.6. The lowest BCUT2D eigenvalue weighted by Crippen LogP contribution is -2.45. The highest BCUT2D eigenvalue weighted by Gasteiger charge is 2.22. The Morgan fingerprint density at radius 1 is 0.861 bits per heavy atom. The molecule has 0 fully saturated rings. The standard InChI is InChI=1S/C26H34N2O8/c1-4-32-24(30)19-35-22-14-12-21(13-15-22)28(17-25(33-5-2)34-6-3)23(29)16-27-26(31)36-18-20-10-8-7-9-11-20/h7-15,25H,4-6,16-19H2,1-3H3,(H,27,31). The van der Waals surface area contributed by atoms with E-state index in [-0.39, 0.29) is 32.9 Å². The molecule has 10 nitrogen and oxygen atoms in total. The van der Waals surface area contributed by atoms with Crippen LogP contribution in [0.25, 0.3) is 0 Å². The van der Waals surface area contributed by atoms with Gasteiger partial charge in [-0.15, -0.1) is 0 Å². The quantitative estimate of drug-likeness (QED) is 0.292. The maximum absolute atomic E-state index is 13.1. The summed E-state index contributed by atoms with van der Waals surface area (Å²) in [6.07, 6.45) is -1.37. The summed E-state index contributed by atoms with van der Waals surface area (Å²) in [5.74, 6) is -0.427. The van der Waals surface area contributed by atoms with Crippen molar-refractivity contribution in [1.82, 2.24) is 5.32 Å². The summed E-state index contributed by atoms with van der Waals surface area (Å²) in [5.41, 5.74) is 1.37. The molecule has 2 aromatic carbocycles. The minimum Gasteiger partial charge on any atom is -0.482 e. The SMILES string of the molecule is CCOC(=O)COc1ccc(N(CC(OCC)OCC)C(=O)CNC(=O)OCc2ccccc2)cc1. The van der Waals surface area contributed by atoms with Gasteiger partial charge in [0.15, 0.2) is 12.9 Å². The Balaban J connectivity index is 2.03. The van der Waals surface area contributed by atoms with E-state index in [0.29, 0.717) is 24.7 Å². The predicted octanol–water partition coefficient (Wildman–Crippen LogP) is 3.29. The number of benzene rings is 2. The number of ether oxygens (including phenoxy) is 5. The molecule has 0 aliphatic carbocycles. The molecule has 0 radical (unpaired) electrons. The lowest BCUT2D eigenvalue weighted by Gasteiger charge is -2.27. The van der Waals surface area contributed by atoms with Crippen LogP contribution in [0.1, 0.15) is 26.3 Å². The topological polar surface area (TPSA) is 113 Å². The van der Waals surface area contributed by atoms with Crippen molar-refractivity contribution in [2.75, 3.05) is 44.4 Å². The first-order valence-corrected chi connectivity index (χ1v) is 11.8. The number of anilines is 1. The Morgan fingerprint density at radius 3 is 2.14 bits per heavy atom. The van der Waals surface area contributed by atoms with Crippen LogP contribution in [-0.4, -0.2) is 63.8 Å². The number of nitrogens with zero attached hydrogens (tertiary/aromatic N) is 1. The second kappa shape index (κ2) is 16.1. The molecule has 2 amide bonds. The molecular formula is C26H34N2O8. The van der Waals surface area contributed by atoms with Crippen molar-refractivity contribution in [3.05, 3.63) is 60.2 Å². The van der Waals surface area contributed by atoms with E-state index >= 15 is 0 Å². The monoisotopic (exact) mass is 502 g/mol. The van der Waals surface area contributed by atoms with Crippen molar-refractivity contribution in [2.24, 2.45) is 0 Å². The third-order valence-corrected chi connectivity index (χ3v) is 4.74. The van der Waals surface area contributed by atoms with Gasteiger partial charge in [-0.3, -0.25) is 4.79 Å². The normalized spacial score (nSPS) is 10.6. The van der Waals surface area contributed by atoms with Gasteiger partial charge < -0.3 is 33.9 Å². The van der Waals surface area contributed by atoms with E-state index in [4.69, 9.17) is 23.7 Å². The van der Waals surface area contributed by atoms with Crippen molar-refractivity contribution in [3.8, 4) is 5.75 Å². The van der Waals surface area contributed by atoms with Gasteiger partial charge in [0.05, 0.1) is 13.2 Å². The number of hydrogen-bond acceptors (Lipinski definition) is 8. The van der Waals surface area contributed by atoms with Crippen molar-refractivity contribution in [1.29, 1.82) is 0 Å². The zero-order chi connectivity index (χ0) is 26.2. The molecule has 0 aromatic heterocycles. The fraction of sp³-hybridized carbons (Fsp3) is 0.423. The van der Waals surface area contributed by atoms with Crippen LogP contribution in [0.5, 0.6) is 5.75 Å². The zero-order valence-electron chi connectivity index (χ0n) is 20.9. The summed E-state index contributed by atoms with van der Waals surface area (Å²) in [6.45, 7) is 6.13. The Bertz CT molecular complexity index is 931. The highest BCUT2D eigenvalue weighted by Crippen LogP contribution is 2.21. The zero-order valence-corrected chi connectivity index (χ0v) is 20.9. The number of carbonyl (C=O) groups excluding carboxylic acids is 3. The van der Waals surface area contributed by atoms with Crippen molar-refractivity contribution < 1.29 is 38.1 Å². The van der Waals surface area contributed by atoms with Gasteiger partial charge >= 0.3 is 12.1 Å². The van der Waals surface area contributed by atoms with Crippen LogP contribution in [0.4, 0.5) is 10.5 Å². The molecule has 0 aliphatic heterocycles. The third-order valence-electron chi connectivity index (χ3n) is 4.74. The summed E-state index contributed by atoms with van der Waals surface area (Å²) in [4.78, 5) is 38.2. The largest absolute Gasteiger partial charge is 0.482 e. The van der Waals surface area contributed by atoms with E-state index in [9.17, 15) is 14.4 Å². The molecule has 0 aliphatic rings. The van der Waals surface area contributed by atoms with E-state index in [2.05, 4.69) is 5.32 Å². The van der Waals surface area contributed by atoms with Crippen molar-refractivity contribution in [3.63, 3.8) is 0 Å². The molecule has 10 heteroatoms. The average molecular weight is 503 g/mol. The van der Waals surface area contributed by atoms with Gasteiger partial charge in [0.2, 0.25) is 5.91 Å². The molecule has 36 heavy (non-hydrogen) atoms. The van der Waals surface area contributed by atoms with Crippen LogP contribution >= 0.6 is 0 Å². The predicted molar refractivity (Wildman–Crippen MR) is 133 cm³/mol. The fourth-order valence-electron chi connectivity index (χ4n) is 3.11. The lowest BCUT2D eigenvalue weighted by atomic mass is 10.2. The average Bonchev–Trinajstić information content (AvgIpc) is 2.89. The minimum absolute atomic E-state index is 0.0919. The van der Waals surface area contributed by atoms with Gasteiger partial charge in [0.1, 0.15) is 18.9 Å². The van der Waals surface area contributed by atoms with Crippen LogP contribution in [-0.2, 0) is 35.1 Å². The van der Waals surface area contributed by atoms with Gasteiger partial charge in [-0.2, -0.15) is 0 Å². The van der Waals surface area contributed by atoms with Crippen LogP contribution in [0.2, 0.25) is 0 Å². The smallest absolute Gasteiger partial charge is 0.407 e. The summed E-state index contributed by atoms with van der Waals surface area (Å²) >= 11 is 0. The van der Waals surface area contributed by atoms with Gasteiger partial charge in [-0.25, -0.2) is 9.59 Å². The summed E-state index contributed by atoms with van der Waals surface area (Å²) in [6, 6.07) is 15.8. The molecule has 0 atom stereocenters. The summed E-state index contributed by atoms with van der Waals surface area (Å²) in [5, 5.41) is 2.49. The molecule has 0 bridgehead atoms. The molecule has 0 saturated heterocycles. The second-order valence-electron chi connectivity index (χ2n) is 7.35. The van der Waals surface area contributed by atoms with Crippen LogP contribution < -0.4 is 15.0 Å². The summed E-state index contributed by atoms with van der Waals surface area (Å²) in [7, 11) is 0. The number of nitrogens with one attached hydrogen (secondary N) is 1. The van der Waals surface area contributed by atoms with Crippen LogP contribution in [0.3, 0.4) is 0 Å². The fourth-order valence-corrected chi connectivity index (χ4v) is 3.11. The Hall–Kier alpha value is -3.63. The molecule has 196 valence electrons. The Labute approximate surface area is 211 Å². The number of alkyl carbamates (subject to hydrolysis) is 1. The van der Waals surface area contributed by atoms with Gasteiger partial charge in [-0.05, 0) is 50.6 Å². The number of amides is 2.